The Labute approximate surface area is 201 Å². The molecule has 4 rings (SSSR count). The maximum Gasteiger partial charge on any atom is 0.335 e. The lowest BCUT2D eigenvalue weighted by atomic mass is 9.95. The van der Waals surface area contributed by atoms with Gasteiger partial charge in [0.2, 0.25) is 0 Å². The third-order valence-electron chi connectivity index (χ3n) is 5.29. The molecule has 33 heavy (non-hydrogen) atoms. The van der Waals surface area contributed by atoms with Gasteiger partial charge in [0.1, 0.15) is 5.57 Å². The Balaban J connectivity index is 1.72. The van der Waals surface area contributed by atoms with Crippen molar-refractivity contribution in [2.45, 2.75) is 20.3 Å². The van der Waals surface area contributed by atoms with Crippen molar-refractivity contribution in [3.63, 3.8) is 0 Å². The Hall–Kier alpha value is -3.41. The predicted molar refractivity (Wildman–Crippen MR) is 131 cm³/mol. The van der Waals surface area contributed by atoms with Crippen LogP contribution < -0.4 is 10.2 Å². The van der Waals surface area contributed by atoms with Gasteiger partial charge in [-0.15, -0.1) is 0 Å². The number of amides is 4. The van der Waals surface area contributed by atoms with E-state index in [-0.39, 0.29) is 21.3 Å². The first-order valence-corrected chi connectivity index (χ1v) is 11.0. The van der Waals surface area contributed by atoms with Gasteiger partial charge >= 0.3 is 6.03 Å². The molecule has 4 amide bonds. The van der Waals surface area contributed by atoms with Crippen LogP contribution in [-0.4, -0.2) is 17.8 Å². The van der Waals surface area contributed by atoms with Crippen molar-refractivity contribution < 1.29 is 14.4 Å². The summed E-state index contributed by atoms with van der Waals surface area (Å²) in [5.74, 6) is -1.48. The van der Waals surface area contributed by atoms with Crippen molar-refractivity contribution in [2.24, 2.45) is 0 Å². The normalized spacial score (nSPS) is 15.2. The maximum absolute atomic E-state index is 13.2. The second-order valence-corrected chi connectivity index (χ2v) is 8.74. The molecule has 0 saturated carbocycles. The molecule has 3 aromatic carbocycles. The molecule has 0 spiro atoms. The monoisotopic (exact) mass is 478 g/mol. The summed E-state index contributed by atoms with van der Waals surface area (Å²) in [6.45, 7) is 4.09. The molecule has 1 saturated heterocycles. The van der Waals surface area contributed by atoms with Gasteiger partial charge in [0.05, 0.1) is 15.7 Å². The predicted octanol–water partition coefficient (Wildman–Crippen LogP) is 5.87. The first-order valence-electron chi connectivity index (χ1n) is 10.2. The Morgan fingerprint density at radius 3 is 2.27 bits per heavy atom. The smallest absolute Gasteiger partial charge is 0.273 e. The van der Waals surface area contributed by atoms with E-state index in [1.165, 1.54) is 35.4 Å². The van der Waals surface area contributed by atoms with Crippen LogP contribution in [0.25, 0.3) is 6.08 Å². The van der Waals surface area contributed by atoms with Crippen LogP contribution in [0.4, 0.5) is 10.5 Å². The quantitative estimate of drug-likeness (QED) is 0.376. The van der Waals surface area contributed by atoms with E-state index in [9.17, 15) is 14.4 Å². The van der Waals surface area contributed by atoms with Gasteiger partial charge in [0.25, 0.3) is 11.8 Å². The van der Waals surface area contributed by atoms with E-state index in [4.69, 9.17) is 23.2 Å². The van der Waals surface area contributed by atoms with Gasteiger partial charge < -0.3 is 0 Å². The van der Waals surface area contributed by atoms with Crippen LogP contribution in [0.2, 0.25) is 10.0 Å². The van der Waals surface area contributed by atoms with Crippen molar-refractivity contribution in [1.29, 1.82) is 0 Å². The molecule has 1 aliphatic heterocycles. The minimum absolute atomic E-state index is 0.145. The third-order valence-corrected chi connectivity index (χ3v) is 6.03. The summed E-state index contributed by atoms with van der Waals surface area (Å²) >= 11 is 12.0. The van der Waals surface area contributed by atoms with E-state index in [0.717, 1.165) is 21.6 Å². The number of nitrogens with zero attached hydrogens (tertiary/aromatic N) is 1. The van der Waals surface area contributed by atoms with Crippen LogP contribution in [0.15, 0.2) is 66.2 Å². The van der Waals surface area contributed by atoms with Gasteiger partial charge in [-0.1, -0.05) is 76.8 Å². The number of carbonyl (C=O) groups excluding carboxylic acids is 3. The van der Waals surface area contributed by atoms with Crippen molar-refractivity contribution in [3.8, 4) is 0 Å². The number of hydrogen-bond acceptors (Lipinski definition) is 3. The number of barbiturate groups is 1. The second kappa shape index (κ2) is 9.22. The highest BCUT2D eigenvalue weighted by atomic mass is 35.5. The van der Waals surface area contributed by atoms with E-state index in [1.54, 1.807) is 0 Å². The van der Waals surface area contributed by atoms with Crippen molar-refractivity contribution in [3.05, 3.63) is 104 Å². The van der Waals surface area contributed by atoms with Crippen LogP contribution in [-0.2, 0) is 16.0 Å². The molecule has 166 valence electrons. The number of anilines is 1. The molecule has 0 unspecified atom stereocenters. The van der Waals surface area contributed by atoms with Gasteiger partial charge in [-0.05, 0) is 61.2 Å². The number of nitrogens with one attached hydrogen (secondary N) is 1. The summed E-state index contributed by atoms with van der Waals surface area (Å²) < 4.78 is 0. The van der Waals surface area contributed by atoms with Crippen molar-refractivity contribution in [1.82, 2.24) is 5.32 Å². The Kier molecular flexibility index (Phi) is 6.36. The van der Waals surface area contributed by atoms with E-state index >= 15 is 0 Å². The SMILES string of the molecule is Cc1cc(C)cc(Cc2ccccc2/C=C2\C(=O)NC(=O)N(c3ccc(Cl)c(Cl)c3)C2=O)c1. The lowest BCUT2D eigenvalue weighted by Crippen LogP contribution is -2.54. The average molecular weight is 479 g/mol. The van der Waals surface area contributed by atoms with E-state index < -0.39 is 17.8 Å². The van der Waals surface area contributed by atoms with Crippen LogP contribution in [0, 0.1) is 13.8 Å². The summed E-state index contributed by atoms with van der Waals surface area (Å²) in [6.07, 6.45) is 2.15. The summed E-state index contributed by atoms with van der Waals surface area (Å²) in [5, 5.41) is 2.71. The molecule has 1 aliphatic rings. The molecule has 1 fully saturated rings. The fraction of sp³-hybridized carbons (Fsp3) is 0.115. The van der Waals surface area contributed by atoms with Gasteiger partial charge in [-0.3, -0.25) is 14.9 Å². The summed E-state index contributed by atoms with van der Waals surface area (Å²) in [5.41, 5.74) is 5.21. The number of benzene rings is 3. The molecule has 0 aromatic heterocycles. The zero-order valence-corrected chi connectivity index (χ0v) is 19.5. The Bertz CT molecular complexity index is 1310. The molecule has 3 aromatic rings. The van der Waals surface area contributed by atoms with Gasteiger partial charge in [0.15, 0.2) is 0 Å². The van der Waals surface area contributed by atoms with Crippen molar-refractivity contribution >= 4 is 52.8 Å². The first-order chi connectivity index (χ1) is 15.7. The number of halogens is 2. The minimum Gasteiger partial charge on any atom is -0.273 e. The maximum atomic E-state index is 13.2. The standard InChI is InChI=1S/C26H20Cl2N2O3/c1-15-9-16(2)11-17(10-15)12-18-5-3-4-6-19(18)13-21-24(31)29-26(33)30(25(21)32)20-7-8-22(27)23(28)14-20/h3-11,13-14H,12H2,1-2H3,(H,29,31,33)/b21-13+. The molecule has 0 radical (unpaired) electrons. The van der Waals surface area contributed by atoms with Crippen LogP contribution in [0.5, 0.6) is 0 Å². The molecular weight excluding hydrogens is 459 g/mol. The van der Waals surface area contributed by atoms with E-state index in [0.29, 0.717) is 6.42 Å². The first kappa shape index (κ1) is 22.8. The summed E-state index contributed by atoms with van der Waals surface area (Å²) in [7, 11) is 0. The minimum atomic E-state index is -0.843. The number of carbonyl (C=O) groups is 3. The zero-order valence-electron chi connectivity index (χ0n) is 18.0. The molecule has 1 heterocycles. The molecule has 0 aliphatic carbocycles. The highest BCUT2D eigenvalue weighted by Gasteiger charge is 2.37. The molecule has 5 nitrogen and oxygen atoms in total. The molecule has 0 bridgehead atoms. The lowest BCUT2D eigenvalue weighted by Gasteiger charge is -2.26. The second-order valence-electron chi connectivity index (χ2n) is 7.93. The molecule has 1 N–H and O–H groups in total. The third kappa shape index (κ3) is 4.85. The number of urea groups is 1. The van der Waals surface area contributed by atoms with Crippen LogP contribution in [0.3, 0.4) is 0 Å². The molecular formula is C26H20Cl2N2O3. The Morgan fingerprint density at radius 1 is 0.879 bits per heavy atom. The van der Waals surface area contributed by atoms with E-state index in [1.807, 2.05) is 38.1 Å². The number of rotatable bonds is 4. The number of aryl methyl sites for hydroxylation is 2. The molecule has 0 atom stereocenters. The fourth-order valence-electron chi connectivity index (χ4n) is 3.90. The largest absolute Gasteiger partial charge is 0.335 e. The van der Waals surface area contributed by atoms with Gasteiger partial charge in [-0.2, -0.15) is 0 Å². The van der Waals surface area contributed by atoms with Crippen molar-refractivity contribution in [2.75, 3.05) is 4.90 Å². The van der Waals surface area contributed by atoms with Gasteiger partial charge in [-0.25, -0.2) is 9.69 Å². The number of imide groups is 2. The highest BCUT2D eigenvalue weighted by Crippen LogP contribution is 2.30. The fourth-order valence-corrected chi connectivity index (χ4v) is 4.19. The zero-order chi connectivity index (χ0) is 23.7. The highest BCUT2D eigenvalue weighted by molar-refractivity contribution is 6.43. The summed E-state index contributed by atoms with van der Waals surface area (Å²) in [6, 6.07) is 17.4. The Morgan fingerprint density at radius 2 is 1.58 bits per heavy atom. The number of hydrogen-bond donors (Lipinski definition) is 1. The molecule has 7 heteroatoms. The van der Waals surface area contributed by atoms with Crippen LogP contribution >= 0.6 is 23.2 Å². The summed E-state index contributed by atoms with van der Waals surface area (Å²) in [4.78, 5) is 39.1. The van der Waals surface area contributed by atoms with Gasteiger partial charge in [0, 0.05) is 0 Å². The van der Waals surface area contributed by atoms with E-state index in [2.05, 4.69) is 23.5 Å². The topological polar surface area (TPSA) is 66.5 Å². The average Bonchev–Trinajstić information content (AvgIpc) is 2.74. The van der Waals surface area contributed by atoms with Crippen LogP contribution in [0.1, 0.15) is 27.8 Å². The lowest BCUT2D eigenvalue weighted by molar-refractivity contribution is -0.122.